The van der Waals surface area contributed by atoms with E-state index in [1.165, 1.54) is 4.90 Å². The van der Waals surface area contributed by atoms with Crippen molar-refractivity contribution in [1.29, 1.82) is 0 Å². The number of pyridine rings is 1. The van der Waals surface area contributed by atoms with E-state index in [1.54, 1.807) is 18.9 Å². The van der Waals surface area contributed by atoms with Crippen molar-refractivity contribution < 1.29 is 32.3 Å². The van der Waals surface area contributed by atoms with E-state index in [1.807, 2.05) is 37.3 Å². The fraction of sp³-hybridized carbons (Fsp3) is 0.595. The lowest BCUT2D eigenvalue weighted by Crippen LogP contribution is -2.57. The Bertz CT molecular complexity index is 1930. The second-order valence-corrected chi connectivity index (χ2v) is 17.9. The molecule has 5 atom stereocenters. The molecule has 3 fully saturated rings. The average molecular weight is 753 g/mol. The molecule has 15 heteroatoms. The van der Waals surface area contributed by atoms with Crippen molar-refractivity contribution in [2.75, 3.05) is 26.0 Å². The fourth-order valence-electron chi connectivity index (χ4n) is 7.30. The van der Waals surface area contributed by atoms with E-state index in [0.717, 1.165) is 47.4 Å². The Kier molecular flexibility index (Phi) is 10.2. The zero-order chi connectivity index (χ0) is 36.8. The summed E-state index contributed by atoms with van der Waals surface area (Å²) in [6.07, 6.45) is 8.15. The van der Waals surface area contributed by atoms with Gasteiger partial charge in [0.25, 0.3) is 5.91 Å². The number of aliphatic imine (C=N–C) groups is 1. The number of amides is 4. The van der Waals surface area contributed by atoms with Crippen LogP contribution in [0.25, 0.3) is 10.9 Å². The van der Waals surface area contributed by atoms with Crippen LogP contribution < -0.4 is 24.8 Å². The van der Waals surface area contributed by atoms with Crippen molar-refractivity contribution in [2.45, 2.75) is 101 Å². The summed E-state index contributed by atoms with van der Waals surface area (Å²) < 4.78 is 40.1. The zero-order valence-corrected chi connectivity index (χ0v) is 31.8. The molecule has 3 aliphatic heterocycles. The number of nitrogens with zero attached hydrogens (tertiary/aromatic N) is 3. The predicted octanol–water partition coefficient (Wildman–Crippen LogP) is 4.21. The molecule has 5 aliphatic rings. The Balaban J connectivity index is 1.19. The summed E-state index contributed by atoms with van der Waals surface area (Å²) in [5.41, 5.74) is 0.844. The highest BCUT2D eigenvalue weighted by Gasteiger charge is 2.62. The van der Waals surface area contributed by atoms with E-state index in [4.69, 9.17) is 19.5 Å². The molecular weight excluding hydrogens is 705 g/mol. The number of rotatable bonds is 8. The third-order valence-electron chi connectivity index (χ3n) is 10.8. The molecular formula is C37H48N6O7S2. The summed E-state index contributed by atoms with van der Waals surface area (Å²) in [5.74, 6) is 0.890. The van der Waals surface area contributed by atoms with Gasteiger partial charge in [0.05, 0.1) is 36.2 Å². The number of carbonyl (C=O) groups is 3. The molecule has 0 bridgehead atoms. The number of fused-ring (bicyclic) bond motifs is 3. The lowest BCUT2D eigenvalue weighted by atomic mass is 10.1. The van der Waals surface area contributed by atoms with Gasteiger partial charge in [-0.05, 0) is 63.5 Å². The first kappa shape index (κ1) is 36.5. The minimum atomic E-state index is -3.84. The van der Waals surface area contributed by atoms with Gasteiger partial charge in [-0.15, -0.1) is 11.8 Å². The highest BCUT2D eigenvalue weighted by Crippen LogP contribution is 2.46. The Morgan fingerprint density at radius 1 is 1.15 bits per heavy atom. The highest BCUT2D eigenvalue weighted by atomic mass is 32.2. The Labute approximate surface area is 309 Å². The molecule has 52 heavy (non-hydrogen) atoms. The second kappa shape index (κ2) is 14.5. The van der Waals surface area contributed by atoms with E-state index >= 15 is 0 Å². The molecule has 1 aromatic carbocycles. The molecule has 7 rings (SSSR count). The number of ether oxygens (including phenoxy) is 2. The van der Waals surface area contributed by atoms with Gasteiger partial charge in [-0.3, -0.25) is 19.3 Å². The molecule has 4 amide bonds. The topological polar surface area (TPSA) is 168 Å². The maximum Gasteiger partial charge on any atom is 0.318 e. The number of nitrogens with one attached hydrogen (secondary N) is 3. The van der Waals surface area contributed by atoms with Crippen molar-refractivity contribution in [3.05, 3.63) is 41.6 Å². The number of carbonyl (C=O) groups excluding carboxylic acids is 3. The van der Waals surface area contributed by atoms with Crippen LogP contribution in [0.3, 0.4) is 0 Å². The zero-order valence-electron chi connectivity index (χ0n) is 30.1. The number of hydrogen-bond donors (Lipinski definition) is 3. The number of hydrogen-bond acceptors (Lipinski definition) is 10. The monoisotopic (exact) mass is 752 g/mol. The molecule has 3 N–H and O–H groups in total. The van der Waals surface area contributed by atoms with Gasteiger partial charge in [0.2, 0.25) is 15.9 Å². The highest BCUT2D eigenvalue weighted by molar-refractivity contribution is 8.14. The number of aromatic nitrogens is 1. The summed E-state index contributed by atoms with van der Waals surface area (Å²) in [6.45, 7) is 6.85. The average Bonchev–Trinajstić information content (AvgIpc) is 3.98. The van der Waals surface area contributed by atoms with Crippen LogP contribution in [0, 0.1) is 18.8 Å². The maximum absolute atomic E-state index is 14.2. The van der Waals surface area contributed by atoms with Crippen LogP contribution in [0.4, 0.5) is 4.79 Å². The minimum absolute atomic E-state index is 0.127. The van der Waals surface area contributed by atoms with Crippen molar-refractivity contribution in [3.8, 4) is 11.5 Å². The number of benzene rings is 1. The summed E-state index contributed by atoms with van der Waals surface area (Å²) in [6, 6.07) is 4.50. The quantitative estimate of drug-likeness (QED) is 0.335. The summed E-state index contributed by atoms with van der Waals surface area (Å²) >= 11 is 1.67. The first-order valence-electron chi connectivity index (χ1n) is 18.4. The normalized spacial score (nSPS) is 28.9. The number of urea groups is 1. The predicted molar refractivity (Wildman–Crippen MR) is 200 cm³/mol. The molecule has 1 saturated heterocycles. The van der Waals surface area contributed by atoms with Crippen LogP contribution in [-0.4, -0.2) is 96.1 Å². The minimum Gasteiger partial charge on any atom is -0.496 e. The molecule has 4 heterocycles. The van der Waals surface area contributed by atoms with Crippen LogP contribution >= 0.6 is 11.8 Å². The van der Waals surface area contributed by atoms with E-state index in [9.17, 15) is 22.8 Å². The van der Waals surface area contributed by atoms with E-state index < -0.39 is 50.8 Å². The van der Waals surface area contributed by atoms with Crippen LogP contribution in [0.5, 0.6) is 11.5 Å². The van der Waals surface area contributed by atoms with Crippen molar-refractivity contribution in [3.63, 3.8) is 0 Å². The van der Waals surface area contributed by atoms with E-state index in [0.29, 0.717) is 48.0 Å². The summed E-state index contributed by atoms with van der Waals surface area (Å²) in [4.78, 5) is 52.9. The van der Waals surface area contributed by atoms with Crippen molar-refractivity contribution >= 4 is 55.6 Å². The molecule has 1 unspecified atom stereocenters. The van der Waals surface area contributed by atoms with Crippen LogP contribution in [0.15, 0.2) is 35.3 Å². The lowest BCUT2D eigenvalue weighted by molar-refractivity contribution is -0.131. The Morgan fingerprint density at radius 2 is 1.96 bits per heavy atom. The van der Waals surface area contributed by atoms with Crippen molar-refractivity contribution in [1.82, 2.24) is 25.2 Å². The van der Waals surface area contributed by atoms with Crippen LogP contribution in [0.2, 0.25) is 0 Å². The van der Waals surface area contributed by atoms with E-state index in [-0.39, 0.29) is 31.3 Å². The second-order valence-electron chi connectivity index (χ2n) is 15.0. The molecule has 2 saturated carbocycles. The van der Waals surface area contributed by atoms with Gasteiger partial charge in [0.1, 0.15) is 34.2 Å². The van der Waals surface area contributed by atoms with Gasteiger partial charge in [0.15, 0.2) is 0 Å². The molecule has 2 aromatic rings. The third kappa shape index (κ3) is 7.35. The van der Waals surface area contributed by atoms with Crippen LogP contribution in [0.1, 0.15) is 76.5 Å². The third-order valence-corrected chi connectivity index (χ3v) is 13.7. The summed E-state index contributed by atoms with van der Waals surface area (Å²) in [7, 11) is -2.22. The van der Waals surface area contributed by atoms with Gasteiger partial charge in [0, 0.05) is 41.7 Å². The standard InChI is InChI=1S/C37H48N6O7S2/c1-21(2)28-20-51-34(40-28)27-17-31(26-13-14-30(49-4)22(3)32(26)39-27)50-24-16-29-33(44)41-37(35(45)42-52(47,48)25-11-12-25)18-23(37)10-8-6-5-7-9-15-38-36(46)43(29)19-24/h8,10,13-14,17,21,23-25,28-29H,5-7,9,11-12,15-16,18-20H2,1-4H3,(H,38,46)(H,41,44)(H,42,45)/b10-8-/t23-,24-,28?,29+,37-/m1/s1. The van der Waals surface area contributed by atoms with E-state index in [2.05, 4.69) is 29.2 Å². The first-order chi connectivity index (χ1) is 24.9. The molecule has 2 aliphatic carbocycles. The van der Waals surface area contributed by atoms with Gasteiger partial charge in [-0.2, -0.15) is 0 Å². The molecule has 0 radical (unpaired) electrons. The summed E-state index contributed by atoms with van der Waals surface area (Å²) in [5, 5.41) is 6.91. The largest absolute Gasteiger partial charge is 0.496 e. The SMILES string of the molecule is COc1ccc2c(O[C@@H]3C[C@H]4C(=O)N[C@]5(C(=O)NS(=O)(=O)C6CC6)C[C@H]5/C=C\CCCCCNC(=O)N4C3)cc(C3=NC(C(C)C)CS3)nc2c1C. The molecule has 13 nitrogen and oxygen atoms in total. The van der Waals surface area contributed by atoms with Crippen LogP contribution in [-0.2, 0) is 19.6 Å². The number of methoxy groups -OCH3 is 1. The molecule has 280 valence electrons. The number of sulfonamides is 1. The van der Waals surface area contributed by atoms with Gasteiger partial charge in [-0.25, -0.2) is 18.2 Å². The Hall–Kier alpha value is -3.85. The lowest BCUT2D eigenvalue weighted by Gasteiger charge is -2.26. The molecule has 1 aromatic heterocycles. The number of thioether (sulfide) groups is 1. The smallest absolute Gasteiger partial charge is 0.318 e. The maximum atomic E-state index is 14.2. The molecule has 0 spiro atoms. The van der Waals surface area contributed by atoms with Gasteiger partial charge >= 0.3 is 6.03 Å². The first-order valence-corrected chi connectivity index (χ1v) is 20.9. The van der Waals surface area contributed by atoms with Gasteiger partial charge < -0.3 is 25.0 Å². The number of aryl methyl sites for hydroxylation is 1. The number of allylic oxidation sites excluding steroid dienone is 1. The van der Waals surface area contributed by atoms with Gasteiger partial charge in [-0.1, -0.05) is 32.4 Å². The fourth-order valence-corrected chi connectivity index (χ4v) is 9.92. The van der Waals surface area contributed by atoms with Crippen molar-refractivity contribution in [2.24, 2.45) is 16.8 Å². The Morgan fingerprint density at radius 3 is 2.69 bits per heavy atom.